The molecular formula is C10H18N2O8. The molecule has 10 heteroatoms. The van der Waals surface area contributed by atoms with Crippen LogP contribution in [0.4, 0.5) is 0 Å². The first-order valence-electron chi connectivity index (χ1n) is 5.59. The molecule has 5 atom stereocenters. The van der Waals surface area contributed by atoms with E-state index in [-0.39, 0.29) is 6.29 Å². The number of aldehydes is 1. The van der Waals surface area contributed by atoms with Gasteiger partial charge in [-0.1, -0.05) is 0 Å². The molecule has 0 aliphatic rings. The van der Waals surface area contributed by atoms with Gasteiger partial charge in [-0.05, 0) is 0 Å². The van der Waals surface area contributed by atoms with Gasteiger partial charge in [0.2, 0.25) is 5.91 Å². The molecule has 10 nitrogen and oxygen atoms in total. The minimum Gasteiger partial charge on any atom is -0.451 e. The summed E-state index contributed by atoms with van der Waals surface area (Å²) in [7, 11) is 0. The van der Waals surface area contributed by atoms with Crippen LogP contribution in [0, 0.1) is 0 Å². The van der Waals surface area contributed by atoms with Crippen molar-refractivity contribution in [3.05, 3.63) is 0 Å². The summed E-state index contributed by atoms with van der Waals surface area (Å²) in [6.07, 6.45) is -7.97. The van der Waals surface area contributed by atoms with Crippen molar-refractivity contribution in [1.29, 1.82) is 0 Å². The van der Waals surface area contributed by atoms with Gasteiger partial charge in [-0.15, -0.1) is 0 Å². The van der Waals surface area contributed by atoms with Gasteiger partial charge in [-0.2, -0.15) is 0 Å². The monoisotopic (exact) mass is 294 g/mol. The molecule has 0 bridgehead atoms. The summed E-state index contributed by atoms with van der Waals surface area (Å²) in [6.45, 7) is -0.876. The maximum absolute atomic E-state index is 11.4. The number of carbonyl (C=O) groups excluding carboxylic acids is 3. The molecule has 0 spiro atoms. The Kier molecular flexibility index (Phi) is 7.87. The van der Waals surface area contributed by atoms with Gasteiger partial charge in [0.05, 0.1) is 13.0 Å². The first kappa shape index (κ1) is 18.4. The molecule has 116 valence electrons. The first-order chi connectivity index (χ1) is 9.24. The number of nitrogens with two attached hydrogens (primary N) is 2. The van der Waals surface area contributed by atoms with Crippen molar-refractivity contribution in [2.45, 2.75) is 36.9 Å². The average Bonchev–Trinajstić information content (AvgIpc) is 2.40. The Morgan fingerprint density at radius 1 is 1.20 bits per heavy atom. The molecule has 0 saturated heterocycles. The third-order valence-electron chi connectivity index (χ3n) is 2.38. The van der Waals surface area contributed by atoms with E-state index in [0.717, 1.165) is 0 Å². The van der Waals surface area contributed by atoms with Crippen LogP contribution < -0.4 is 11.5 Å². The molecular weight excluding hydrogens is 276 g/mol. The van der Waals surface area contributed by atoms with Crippen molar-refractivity contribution >= 4 is 18.2 Å². The van der Waals surface area contributed by atoms with Gasteiger partial charge in [0.25, 0.3) is 0 Å². The summed E-state index contributed by atoms with van der Waals surface area (Å²) in [4.78, 5) is 32.7. The van der Waals surface area contributed by atoms with Crippen LogP contribution in [0.5, 0.6) is 0 Å². The zero-order valence-electron chi connectivity index (χ0n) is 10.5. The number of amides is 1. The van der Waals surface area contributed by atoms with Crippen molar-refractivity contribution in [1.82, 2.24) is 0 Å². The lowest BCUT2D eigenvalue weighted by Crippen LogP contribution is -2.49. The third-order valence-corrected chi connectivity index (χ3v) is 2.38. The van der Waals surface area contributed by atoms with E-state index in [1.165, 1.54) is 0 Å². The number of aliphatic hydroxyl groups excluding tert-OH is 4. The van der Waals surface area contributed by atoms with Crippen LogP contribution in [0.1, 0.15) is 6.42 Å². The van der Waals surface area contributed by atoms with E-state index in [4.69, 9.17) is 21.7 Å². The topological polar surface area (TPSA) is 193 Å². The fraction of sp³-hybridized carbons (Fsp3) is 0.700. The highest BCUT2D eigenvalue weighted by atomic mass is 16.6. The maximum Gasteiger partial charge on any atom is 0.324 e. The second-order valence-corrected chi connectivity index (χ2v) is 4.05. The number of esters is 1. The highest BCUT2D eigenvalue weighted by molar-refractivity contribution is 5.85. The summed E-state index contributed by atoms with van der Waals surface area (Å²) in [5, 5.41) is 36.6. The minimum atomic E-state index is -1.97. The molecule has 0 heterocycles. The van der Waals surface area contributed by atoms with Crippen LogP contribution in [0.3, 0.4) is 0 Å². The van der Waals surface area contributed by atoms with Gasteiger partial charge in [0.15, 0.2) is 12.4 Å². The Hall–Kier alpha value is -1.59. The van der Waals surface area contributed by atoms with Gasteiger partial charge in [-0.25, -0.2) is 0 Å². The summed E-state index contributed by atoms with van der Waals surface area (Å²) in [5.41, 5.74) is 10.1. The van der Waals surface area contributed by atoms with Crippen molar-refractivity contribution in [2.75, 3.05) is 6.61 Å². The molecule has 0 radical (unpaired) electrons. The van der Waals surface area contributed by atoms with Crippen LogP contribution >= 0.6 is 0 Å². The molecule has 0 aromatic carbocycles. The molecule has 0 saturated carbocycles. The fourth-order valence-corrected chi connectivity index (χ4v) is 1.23. The first-order valence-corrected chi connectivity index (χ1v) is 5.59. The average molecular weight is 294 g/mol. The van der Waals surface area contributed by atoms with Crippen LogP contribution in [0.2, 0.25) is 0 Å². The lowest BCUT2D eigenvalue weighted by Gasteiger charge is -2.26. The zero-order chi connectivity index (χ0) is 15.9. The molecule has 0 aromatic rings. The maximum atomic E-state index is 11.4. The number of hydrogen-bond acceptors (Lipinski definition) is 9. The molecule has 0 aliphatic carbocycles. The van der Waals surface area contributed by atoms with Gasteiger partial charge in [0.1, 0.15) is 24.4 Å². The van der Waals surface area contributed by atoms with E-state index in [1.807, 2.05) is 0 Å². The lowest BCUT2D eigenvalue weighted by molar-refractivity contribution is -0.169. The zero-order valence-corrected chi connectivity index (χ0v) is 10.5. The molecule has 0 unspecified atom stereocenters. The summed E-state index contributed by atoms with van der Waals surface area (Å²) >= 11 is 0. The Labute approximate surface area is 113 Å². The van der Waals surface area contributed by atoms with Gasteiger partial charge in [0, 0.05) is 0 Å². The third kappa shape index (κ3) is 5.59. The molecule has 20 heavy (non-hydrogen) atoms. The Morgan fingerprint density at radius 3 is 2.15 bits per heavy atom. The highest BCUT2D eigenvalue weighted by Crippen LogP contribution is 2.08. The lowest BCUT2D eigenvalue weighted by atomic mass is 10.0. The molecule has 0 aliphatic heterocycles. The van der Waals surface area contributed by atoms with E-state index in [2.05, 4.69) is 4.74 Å². The van der Waals surface area contributed by atoms with Crippen molar-refractivity contribution < 1.29 is 39.5 Å². The van der Waals surface area contributed by atoms with E-state index in [9.17, 15) is 24.6 Å². The van der Waals surface area contributed by atoms with Crippen LogP contribution in [0.15, 0.2) is 0 Å². The Bertz CT molecular complexity index is 350. The summed E-state index contributed by atoms with van der Waals surface area (Å²) in [6, 6.07) is -1.43. The largest absolute Gasteiger partial charge is 0.451 e. The van der Waals surface area contributed by atoms with E-state index in [0.29, 0.717) is 0 Å². The predicted octanol–water partition coefficient (Wildman–Crippen LogP) is -4.63. The van der Waals surface area contributed by atoms with Gasteiger partial charge < -0.3 is 36.6 Å². The van der Waals surface area contributed by atoms with Crippen LogP contribution in [-0.2, 0) is 19.1 Å². The molecule has 0 rings (SSSR count). The molecule has 8 N–H and O–H groups in total. The smallest absolute Gasteiger partial charge is 0.324 e. The van der Waals surface area contributed by atoms with Crippen molar-refractivity contribution in [3.8, 4) is 0 Å². The normalized spacial score (nSPS) is 18.4. The second-order valence-electron chi connectivity index (χ2n) is 4.05. The number of hydrogen-bond donors (Lipinski definition) is 6. The van der Waals surface area contributed by atoms with Crippen molar-refractivity contribution in [2.24, 2.45) is 11.5 Å². The quantitative estimate of drug-likeness (QED) is 0.179. The summed E-state index contributed by atoms with van der Waals surface area (Å²) in [5.74, 6) is -2.06. The minimum absolute atomic E-state index is 0.00681. The standard InChI is InChI=1S/C10H18N2O8/c11-4(1-7(12)16)10(19)20-6(3-14)9(18)8(17)5(15)2-13/h3-6,8-9,13,15,17-18H,1-2,11H2,(H2,12,16)/t4-,5+,6-,8+,9+/m0/s1. The number of ether oxygens (including phenoxy) is 1. The van der Waals surface area contributed by atoms with Gasteiger partial charge >= 0.3 is 5.97 Å². The highest BCUT2D eigenvalue weighted by Gasteiger charge is 2.34. The van der Waals surface area contributed by atoms with Crippen LogP contribution in [-0.4, -0.2) is 75.7 Å². The predicted molar refractivity (Wildman–Crippen MR) is 62.8 cm³/mol. The van der Waals surface area contributed by atoms with Crippen molar-refractivity contribution in [3.63, 3.8) is 0 Å². The van der Waals surface area contributed by atoms with Gasteiger partial charge in [-0.3, -0.25) is 14.4 Å². The van der Waals surface area contributed by atoms with E-state index >= 15 is 0 Å². The number of aliphatic hydroxyl groups is 4. The fourth-order valence-electron chi connectivity index (χ4n) is 1.23. The number of primary amides is 1. The molecule has 1 amide bonds. The van der Waals surface area contributed by atoms with E-state index < -0.39 is 55.4 Å². The van der Waals surface area contributed by atoms with E-state index in [1.54, 1.807) is 0 Å². The number of rotatable bonds is 9. The molecule has 0 fully saturated rings. The second kappa shape index (κ2) is 8.55. The van der Waals surface area contributed by atoms with Crippen LogP contribution in [0.25, 0.3) is 0 Å². The Morgan fingerprint density at radius 2 is 1.75 bits per heavy atom. The Balaban J connectivity index is 4.65. The SMILES string of the molecule is NC(=O)C[C@H](N)C(=O)O[C@@H](C=O)[C@@H](O)[C@H](O)[C@H](O)CO. The molecule has 0 aromatic heterocycles. The number of carbonyl (C=O) groups is 3. The summed E-state index contributed by atoms with van der Waals surface area (Å²) < 4.78 is 4.50.